The minimum absolute atomic E-state index is 0.692. The number of rotatable bonds is 4. The van der Waals surface area contributed by atoms with Crippen LogP contribution < -0.4 is 0 Å². The second kappa shape index (κ2) is 5.31. The fourth-order valence-electron chi connectivity index (χ4n) is 0.203. The summed E-state index contributed by atoms with van der Waals surface area (Å²) in [6.07, 6.45) is 2.20. The van der Waals surface area contributed by atoms with Crippen LogP contribution in [0.25, 0.3) is 0 Å². The Bertz CT molecular complexity index is 30.9. The van der Waals surface area contributed by atoms with Gasteiger partial charge in [-0.15, -0.1) is 0 Å². The van der Waals surface area contributed by atoms with Gasteiger partial charge in [-0.3, -0.25) is 0 Å². The van der Waals surface area contributed by atoms with E-state index >= 15 is 0 Å². The van der Waals surface area contributed by atoms with Crippen LogP contribution in [-0.4, -0.2) is 7.73 Å². The molecule has 0 fully saturated rings. The molecule has 38 valence electrons. The number of unbranched alkanes of at least 4 members (excludes halogenated alkanes) is 1. The average Bonchev–Trinajstić information content (AvgIpc) is 1.69. The molecule has 2 heteroatoms. The highest BCUT2D eigenvalue weighted by Gasteiger charge is 1.75. The van der Waals surface area contributed by atoms with Crippen molar-refractivity contribution in [2.75, 3.05) is 6.61 Å². The minimum atomic E-state index is 0.692. The van der Waals surface area contributed by atoms with Gasteiger partial charge in [-0.25, -0.2) is 0 Å². The molecule has 6 heavy (non-hydrogen) atoms. The molecule has 0 rings (SSSR count). The van der Waals surface area contributed by atoms with Crippen molar-refractivity contribution in [3.63, 3.8) is 0 Å². The van der Waals surface area contributed by atoms with E-state index < -0.39 is 0 Å². The molecule has 0 saturated heterocycles. The summed E-state index contributed by atoms with van der Waals surface area (Å²) >= 11 is 0.692. The van der Waals surface area contributed by atoms with E-state index in [1.165, 1.54) is 0 Å². The molecule has 0 aliphatic carbocycles. The maximum Gasteiger partial charge on any atom is 0.135 e. The summed E-state index contributed by atoms with van der Waals surface area (Å²) in [7, 11) is 0. The predicted molar refractivity (Wildman–Crippen MR) is 29.8 cm³/mol. The summed E-state index contributed by atoms with van der Waals surface area (Å²) in [6.45, 7) is 2.81. The van der Waals surface area contributed by atoms with Gasteiger partial charge >= 0.3 is 0 Å². The smallest absolute Gasteiger partial charge is 0.135 e. The van der Waals surface area contributed by atoms with Gasteiger partial charge in [0.05, 0.1) is 6.61 Å². The lowest BCUT2D eigenvalue weighted by molar-refractivity contribution is 0.370. The van der Waals surface area contributed by atoms with Crippen LogP contribution in [0.3, 0.4) is 0 Å². The van der Waals surface area contributed by atoms with E-state index in [9.17, 15) is 0 Å². The summed E-state index contributed by atoms with van der Waals surface area (Å²) in [5, 5.41) is 0. The van der Waals surface area contributed by atoms with Gasteiger partial charge in [0.25, 0.3) is 0 Å². The van der Waals surface area contributed by atoms with Gasteiger partial charge in [0.1, 0.15) is 1.12 Å². The van der Waals surface area contributed by atoms with Crippen LogP contribution in [0.1, 0.15) is 19.8 Å². The molecule has 0 atom stereocenters. The first-order valence-electron chi connectivity index (χ1n) is 2.57. The molecule has 0 unspecified atom stereocenters. The quantitative estimate of drug-likeness (QED) is 0.327. The van der Waals surface area contributed by atoms with Gasteiger partial charge in [-0.2, -0.15) is 0 Å². The molecule has 0 radical (unpaired) electrons. The van der Waals surface area contributed by atoms with E-state index in [2.05, 4.69) is 11.1 Å². The molecule has 0 aromatic heterocycles. The Balaban J connectivity index is 2.45. The van der Waals surface area contributed by atoms with Crippen molar-refractivity contribution in [2.45, 2.75) is 19.8 Å². The number of thiol groups is 1. The zero-order valence-corrected chi connectivity index (χ0v) is 4.75. The Morgan fingerprint density at radius 3 is 3.33 bits per heavy atom. The zero-order chi connectivity index (χ0) is 5.54. The molecule has 0 aliphatic heterocycles. The molecule has 0 amide bonds. The fourth-order valence-corrected chi connectivity index (χ4v) is 0.321. The van der Waals surface area contributed by atoms with Crippen LogP contribution in [-0.2, 0) is 4.18 Å². The van der Waals surface area contributed by atoms with Crippen molar-refractivity contribution in [1.82, 2.24) is 0 Å². The van der Waals surface area contributed by atoms with E-state index in [1.807, 2.05) is 0 Å². The Morgan fingerprint density at radius 1 is 2.00 bits per heavy atom. The molecule has 0 N–H and O–H groups in total. The molecule has 0 aliphatic rings. The summed E-state index contributed by atoms with van der Waals surface area (Å²) < 4.78 is 11.1. The third-order valence-electron chi connectivity index (χ3n) is 0.581. The molecule has 0 heterocycles. The Hall–Kier alpha value is 0.310. The van der Waals surface area contributed by atoms with Crippen molar-refractivity contribution in [2.24, 2.45) is 0 Å². The highest BCUT2D eigenvalue weighted by atomic mass is 32.1. The van der Waals surface area contributed by atoms with Crippen molar-refractivity contribution < 1.29 is 4.18 Å². The largest absolute Gasteiger partial charge is 0.319 e. The Morgan fingerprint density at radius 2 is 2.83 bits per heavy atom. The Kier molecular flexibility index (Phi) is 3.95. The number of hydrogen-bond acceptors (Lipinski definition) is 2. The topological polar surface area (TPSA) is 9.23 Å². The zero-order valence-electron chi connectivity index (χ0n) is 4.94. The summed E-state index contributed by atoms with van der Waals surface area (Å²) in [4.78, 5) is 0. The summed E-state index contributed by atoms with van der Waals surface area (Å²) in [5.41, 5.74) is 0. The van der Waals surface area contributed by atoms with Crippen molar-refractivity contribution in [3.05, 3.63) is 0 Å². The van der Waals surface area contributed by atoms with Crippen LogP contribution in [0.4, 0.5) is 0 Å². The molecule has 0 bridgehead atoms. The maximum atomic E-state index is 6.48. The SMILES string of the molecule is [3H]SOCCCC. The van der Waals surface area contributed by atoms with Crippen molar-refractivity contribution >= 4 is 12.8 Å². The maximum absolute atomic E-state index is 6.48. The lowest BCUT2D eigenvalue weighted by Crippen LogP contribution is -1.79. The van der Waals surface area contributed by atoms with E-state index in [0.717, 1.165) is 12.8 Å². The second-order valence-corrected chi connectivity index (χ2v) is 1.41. The summed E-state index contributed by atoms with van der Waals surface area (Å²) in [6, 6.07) is 0. The average molecular weight is 108 g/mol. The van der Waals surface area contributed by atoms with Gasteiger partial charge in [0.15, 0.2) is 0 Å². The second-order valence-electron chi connectivity index (χ2n) is 1.18. The lowest BCUT2D eigenvalue weighted by atomic mass is 10.4. The molecule has 0 saturated carbocycles. The normalized spacial score (nSPS) is 11.2. The van der Waals surface area contributed by atoms with E-state index in [1.54, 1.807) is 0 Å². The van der Waals surface area contributed by atoms with E-state index in [-0.39, 0.29) is 0 Å². The first-order valence-corrected chi connectivity index (χ1v) is 2.50. The predicted octanol–water partition coefficient (Wildman–Crippen LogP) is 1.65. The van der Waals surface area contributed by atoms with Crippen LogP contribution in [0, 0.1) is 0 Å². The van der Waals surface area contributed by atoms with E-state index in [4.69, 9.17) is 1.12 Å². The standard InChI is InChI=1S/C4H10OS/c1-2-3-4-5-6/h6H,2-4H2,1H3/i/hT. The van der Waals surface area contributed by atoms with Crippen molar-refractivity contribution in [3.8, 4) is 0 Å². The van der Waals surface area contributed by atoms with Gasteiger partial charge in [0.2, 0.25) is 0 Å². The molecule has 0 aromatic carbocycles. The Labute approximate surface area is 45.4 Å². The van der Waals surface area contributed by atoms with Crippen molar-refractivity contribution in [1.29, 1.82) is 1.12 Å². The lowest BCUT2D eigenvalue weighted by Gasteiger charge is -1.87. The van der Waals surface area contributed by atoms with Gasteiger partial charge < -0.3 is 4.18 Å². The fraction of sp³-hybridized carbons (Fsp3) is 1.00. The molecular formula is C4H10OS. The van der Waals surface area contributed by atoms with E-state index in [0.29, 0.717) is 19.4 Å². The first kappa shape index (κ1) is 4.47. The molecular weight excluding hydrogens is 96.1 g/mol. The van der Waals surface area contributed by atoms with Crippen LogP contribution in [0.5, 0.6) is 0 Å². The monoisotopic (exact) mass is 108 g/mol. The van der Waals surface area contributed by atoms with Gasteiger partial charge in [0, 0.05) is 0 Å². The molecule has 0 spiro atoms. The number of hydrogen-bond donors (Lipinski definition) is 1. The highest BCUT2D eigenvalue weighted by Crippen LogP contribution is 1.87. The minimum Gasteiger partial charge on any atom is -0.319 e. The van der Waals surface area contributed by atoms with Gasteiger partial charge in [-0.1, -0.05) is 13.3 Å². The molecule has 0 aromatic rings. The van der Waals surface area contributed by atoms with Crippen LogP contribution in [0.15, 0.2) is 0 Å². The van der Waals surface area contributed by atoms with Gasteiger partial charge in [-0.05, 0) is 19.2 Å². The molecule has 1 nitrogen and oxygen atoms in total. The van der Waals surface area contributed by atoms with Crippen LogP contribution in [0.2, 0.25) is 0 Å². The first-order chi connectivity index (χ1) is 3.41. The summed E-state index contributed by atoms with van der Waals surface area (Å²) in [5.74, 6) is 0. The van der Waals surface area contributed by atoms with Crippen LogP contribution >= 0.6 is 12.8 Å². The highest BCUT2D eigenvalue weighted by molar-refractivity contribution is 7.75. The third kappa shape index (κ3) is 4.31. The third-order valence-corrected chi connectivity index (χ3v) is 0.748.